The van der Waals surface area contributed by atoms with Gasteiger partial charge in [0.1, 0.15) is 0 Å². The van der Waals surface area contributed by atoms with Crippen LogP contribution in [0.3, 0.4) is 0 Å². The minimum atomic E-state index is 0.332. The van der Waals surface area contributed by atoms with Crippen LogP contribution in [-0.4, -0.2) is 32.4 Å². The highest BCUT2D eigenvalue weighted by atomic mass is 15.4. The Morgan fingerprint density at radius 2 is 2.00 bits per heavy atom. The summed E-state index contributed by atoms with van der Waals surface area (Å²) in [6.45, 7) is 9.14. The first-order chi connectivity index (χ1) is 9.69. The predicted molar refractivity (Wildman–Crippen MR) is 82.6 cm³/mol. The minimum absolute atomic E-state index is 0.332. The number of rotatable bonds is 8. The first-order valence-electron chi connectivity index (χ1n) is 8.33. The SMILES string of the molecule is CCCCCCC(C)(CCC)N1CCc2[nH]nnc2C1. The van der Waals surface area contributed by atoms with Gasteiger partial charge in [-0.25, -0.2) is 0 Å². The maximum absolute atomic E-state index is 4.24. The Morgan fingerprint density at radius 3 is 2.75 bits per heavy atom. The van der Waals surface area contributed by atoms with Gasteiger partial charge in [-0.05, 0) is 19.8 Å². The summed E-state index contributed by atoms with van der Waals surface area (Å²) in [6.07, 6.45) is 10.3. The maximum Gasteiger partial charge on any atom is 0.0997 e. The maximum atomic E-state index is 4.24. The van der Waals surface area contributed by atoms with E-state index in [1.807, 2.05) is 0 Å². The summed E-state index contributed by atoms with van der Waals surface area (Å²) >= 11 is 0. The van der Waals surface area contributed by atoms with Crippen molar-refractivity contribution >= 4 is 0 Å². The lowest BCUT2D eigenvalue weighted by Crippen LogP contribution is -2.48. The molecule has 0 spiro atoms. The van der Waals surface area contributed by atoms with E-state index in [2.05, 4.69) is 41.1 Å². The molecule has 1 aliphatic rings. The van der Waals surface area contributed by atoms with Crippen molar-refractivity contribution in [1.29, 1.82) is 0 Å². The molecule has 0 amide bonds. The lowest BCUT2D eigenvalue weighted by molar-refractivity contribution is 0.0665. The molecule has 2 heterocycles. The smallest absolute Gasteiger partial charge is 0.0997 e. The van der Waals surface area contributed by atoms with Crippen molar-refractivity contribution in [2.24, 2.45) is 0 Å². The minimum Gasteiger partial charge on any atom is -0.292 e. The van der Waals surface area contributed by atoms with Crippen molar-refractivity contribution < 1.29 is 0 Å². The first-order valence-corrected chi connectivity index (χ1v) is 8.33. The van der Waals surface area contributed by atoms with Gasteiger partial charge in [-0.3, -0.25) is 10.00 Å². The van der Waals surface area contributed by atoms with Gasteiger partial charge in [0.15, 0.2) is 0 Å². The number of aromatic amines is 1. The zero-order chi connectivity index (χ0) is 14.4. The van der Waals surface area contributed by atoms with Crippen LogP contribution < -0.4 is 0 Å². The molecule has 1 unspecified atom stereocenters. The average Bonchev–Trinajstić information content (AvgIpc) is 2.91. The van der Waals surface area contributed by atoms with Gasteiger partial charge in [0.05, 0.1) is 11.4 Å². The molecule has 4 nitrogen and oxygen atoms in total. The predicted octanol–water partition coefficient (Wildman–Crippen LogP) is 3.69. The Bertz CT molecular complexity index is 401. The summed E-state index contributed by atoms with van der Waals surface area (Å²) in [5.74, 6) is 0. The zero-order valence-corrected chi connectivity index (χ0v) is 13.4. The van der Waals surface area contributed by atoms with E-state index in [1.54, 1.807) is 0 Å². The van der Waals surface area contributed by atoms with Gasteiger partial charge in [0.25, 0.3) is 0 Å². The molecular formula is C16H30N4. The Balaban J connectivity index is 1.97. The summed E-state index contributed by atoms with van der Waals surface area (Å²) in [7, 11) is 0. The van der Waals surface area contributed by atoms with E-state index in [0.717, 1.165) is 25.2 Å². The number of hydrogen-bond donors (Lipinski definition) is 1. The first kappa shape index (κ1) is 15.5. The van der Waals surface area contributed by atoms with Gasteiger partial charge in [-0.2, -0.15) is 0 Å². The van der Waals surface area contributed by atoms with E-state index >= 15 is 0 Å². The third kappa shape index (κ3) is 3.60. The van der Waals surface area contributed by atoms with Crippen LogP contribution in [0.4, 0.5) is 0 Å². The Kier molecular flexibility index (Phi) is 5.58. The van der Waals surface area contributed by atoms with E-state index < -0.39 is 0 Å². The summed E-state index contributed by atoms with van der Waals surface area (Å²) in [4.78, 5) is 2.65. The molecule has 1 aromatic rings. The molecule has 1 atom stereocenters. The molecule has 20 heavy (non-hydrogen) atoms. The fraction of sp³-hybridized carbons (Fsp3) is 0.875. The van der Waals surface area contributed by atoms with Crippen LogP contribution in [0.25, 0.3) is 0 Å². The highest BCUT2D eigenvalue weighted by molar-refractivity contribution is 5.13. The topological polar surface area (TPSA) is 44.8 Å². The fourth-order valence-electron chi connectivity index (χ4n) is 3.48. The molecule has 1 aromatic heterocycles. The Hall–Kier alpha value is -0.900. The van der Waals surface area contributed by atoms with Crippen LogP contribution in [0.5, 0.6) is 0 Å². The third-order valence-electron chi connectivity index (χ3n) is 4.80. The fourth-order valence-corrected chi connectivity index (χ4v) is 3.48. The second-order valence-corrected chi connectivity index (χ2v) is 6.47. The third-order valence-corrected chi connectivity index (χ3v) is 4.80. The van der Waals surface area contributed by atoms with E-state index in [1.165, 1.54) is 50.6 Å². The second kappa shape index (κ2) is 7.21. The number of hydrogen-bond acceptors (Lipinski definition) is 3. The molecule has 114 valence electrons. The number of H-pyrrole nitrogens is 1. The van der Waals surface area contributed by atoms with E-state index in [-0.39, 0.29) is 0 Å². The molecule has 0 saturated carbocycles. The number of fused-ring (bicyclic) bond motifs is 1. The van der Waals surface area contributed by atoms with Gasteiger partial charge < -0.3 is 0 Å². The summed E-state index contributed by atoms with van der Waals surface area (Å²) in [5.41, 5.74) is 2.73. The van der Waals surface area contributed by atoms with Crippen molar-refractivity contribution in [3.63, 3.8) is 0 Å². The summed E-state index contributed by atoms with van der Waals surface area (Å²) in [5, 5.41) is 11.2. The Labute approximate surface area is 123 Å². The molecule has 0 bridgehead atoms. The summed E-state index contributed by atoms with van der Waals surface area (Å²) in [6, 6.07) is 0. The van der Waals surface area contributed by atoms with Crippen LogP contribution in [0, 0.1) is 0 Å². The van der Waals surface area contributed by atoms with Crippen LogP contribution in [0.15, 0.2) is 0 Å². The monoisotopic (exact) mass is 278 g/mol. The molecule has 0 fully saturated rings. The molecule has 2 rings (SSSR count). The van der Waals surface area contributed by atoms with E-state index in [0.29, 0.717) is 5.54 Å². The second-order valence-electron chi connectivity index (χ2n) is 6.47. The average molecular weight is 278 g/mol. The van der Waals surface area contributed by atoms with E-state index in [4.69, 9.17) is 0 Å². The zero-order valence-electron chi connectivity index (χ0n) is 13.4. The quantitative estimate of drug-likeness (QED) is 0.738. The van der Waals surface area contributed by atoms with Gasteiger partial charge in [-0.1, -0.05) is 51.2 Å². The highest BCUT2D eigenvalue weighted by Gasteiger charge is 2.33. The van der Waals surface area contributed by atoms with Gasteiger partial charge in [0.2, 0.25) is 0 Å². The van der Waals surface area contributed by atoms with E-state index in [9.17, 15) is 0 Å². The van der Waals surface area contributed by atoms with Crippen LogP contribution >= 0.6 is 0 Å². The van der Waals surface area contributed by atoms with Crippen LogP contribution in [-0.2, 0) is 13.0 Å². The van der Waals surface area contributed by atoms with Crippen molar-refractivity contribution in [2.45, 2.75) is 84.2 Å². The largest absolute Gasteiger partial charge is 0.292 e. The van der Waals surface area contributed by atoms with Crippen molar-refractivity contribution in [3.8, 4) is 0 Å². The Morgan fingerprint density at radius 1 is 1.15 bits per heavy atom. The number of nitrogens with zero attached hydrogens (tertiary/aromatic N) is 3. The number of unbranched alkanes of at least 4 members (excludes halogenated alkanes) is 3. The molecule has 1 N–H and O–H groups in total. The van der Waals surface area contributed by atoms with Crippen LogP contribution in [0.1, 0.15) is 77.1 Å². The van der Waals surface area contributed by atoms with Crippen LogP contribution in [0.2, 0.25) is 0 Å². The molecule has 0 aliphatic carbocycles. The molecule has 0 saturated heterocycles. The lowest BCUT2D eigenvalue weighted by atomic mass is 9.86. The van der Waals surface area contributed by atoms with Gasteiger partial charge in [-0.15, -0.1) is 5.10 Å². The molecule has 1 aliphatic heterocycles. The number of nitrogens with one attached hydrogen (secondary N) is 1. The van der Waals surface area contributed by atoms with Crippen molar-refractivity contribution in [3.05, 3.63) is 11.4 Å². The summed E-state index contributed by atoms with van der Waals surface area (Å²) < 4.78 is 0. The molecule has 4 heteroatoms. The number of aromatic nitrogens is 3. The molecule has 0 radical (unpaired) electrons. The van der Waals surface area contributed by atoms with Gasteiger partial charge in [0, 0.05) is 25.0 Å². The molecule has 0 aromatic carbocycles. The normalized spacial score (nSPS) is 18.8. The van der Waals surface area contributed by atoms with Crippen molar-refractivity contribution in [1.82, 2.24) is 20.3 Å². The highest BCUT2D eigenvalue weighted by Crippen LogP contribution is 2.31. The van der Waals surface area contributed by atoms with Gasteiger partial charge >= 0.3 is 0 Å². The van der Waals surface area contributed by atoms with Crippen molar-refractivity contribution in [2.75, 3.05) is 6.54 Å². The molecular weight excluding hydrogens is 248 g/mol. The standard InChI is InChI=1S/C16H30N4/c1-4-6-7-8-11-16(3,10-5-2)20-12-9-14-15(13-20)18-19-17-14/h4-13H2,1-3H3,(H,17,18,19). The lowest BCUT2D eigenvalue weighted by Gasteiger charge is -2.43.